The number of aliphatic imine (C=N–C) groups is 1. The number of likely N-dealkylation sites (tertiary alicyclic amines) is 1. The monoisotopic (exact) mass is 368 g/mol. The van der Waals surface area contributed by atoms with Gasteiger partial charge in [-0.05, 0) is 43.8 Å². The molecule has 1 atom stereocenters. The van der Waals surface area contributed by atoms with Crippen LogP contribution in [0.4, 0.5) is 4.39 Å². The van der Waals surface area contributed by atoms with Crippen molar-refractivity contribution in [1.29, 1.82) is 0 Å². The van der Waals surface area contributed by atoms with Crippen molar-refractivity contribution in [3.63, 3.8) is 0 Å². The van der Waals surface area contributed by atoms with Crippen molar-refractivity contribution in [3.8, 4) is 0 Å². The highest BCUT2D eigenvalue weighted by Gasteiger charge is 2.25. The molecule has 0 saturated carbocycles. The Morgan fingerprint density at radius 1 is 1.22 bits per heavy atom. The zero-order valence-electron chi connectivity index (χ0n) is 16.5. The van der Waals surface area contributed by atoms with Crippen LogP contribution in [0.15, 0.2) is 53.5 Å². The van der Waals surface area contributed by atoms with E-state index in [1.165, 1.54) is 5.56 Å². The minimum atomic E-state index is -0.151. The average Bonchev–Trinajstić information content (AvgIpc) is 3.15. The smallest absolute Gasteiger partial charge is 0.193 e. The lowest BCUT2D eigenvalue weighted by Crippen LogP contribution is -2.39. The summed E-state index contributed by atoms with van der Waals surface area (Å²) >= 11 is 0. The molecule has 1 aliphatic heterocycles. The van der Waals surface area contributed by atoms with Crippen LogP contribution in [-0.4, -0.2) is 50.0 Å². The first-order chi connectivity index (χ1) is 13.1. The summed E-state index contributed by atoms with van der Waals surface area (Å²) in [5.41, 5.74) is 3.18. The third-order valence-corrected chi connectivity index (χ3v) is 5.02. The summed E-state index contributed by atoms with van der Waals surface area (Å²) in [5, 5.41) is 3.44. The zero-order chi connectivity index (χ0) is 19.2. The van der Waals surface area contributed by atoms with Crippen LogP contribution in [0, 0.1) is 5.82 Å². The molecule has 4 nitrogen and oxygen atoms in total. The minimum absolute atomic E-state index is 0.151. The van der Waals surface area contributed by atoms with Gasteiger partial charge in [0.15, 0.2) is 5.96 Å². The van der Waals surface area contributed by atoms with E-state index in [4.69, 9.17) is 0 Å². The van der Waals surface area contributed by atoms with E-state index in [0.29, 0.717) is 19.0 Å². The van der Waals surface area contributed by atoms with Gasteiger partial charge in [0, 0.05) is 44.7 Å². The summed E-state index contributed by atoms with van der Waals surface area (Å²) in [6, 6.07) is 16.0. The fourth-order valence-electron chi connectivity index (χ4n) is 3.66. The third-order valence-electron chi connectivity index (χ3n) is 5.02. The predicted octanol–water partition coefficient (Wildman–Crippen LogP) is 3.45. The van der Waals surface area contributed by atoms with Gasteiger partial charge in [-0.1, -0.05) is 36.4 Å². The fraction of sp³-hybridized carbons (Fsp3) is 0.409. The Labute approximate surface area is 161 Å². The molecular weight excluding hydrogens is 339 g/mol. The lowest BCUT2D eigenvalue weighted by molar-refractivity contribution is 0.392. The Kier molecular flexibility index (Phi) is 6.45. The lowest BCUT2D eigenvalue weighted by Gasteiger charge is -2.22. The van der Waals surface area contributed by atoms with Gasteiger partial charge in [0.05, 0.1) is 0 Å². The van der Waals surface area contributed by atoms with Gasteiger partial charge < -0.3 is 15.1 Å². The van der Waals surface area contributed by atoms with Gasteiger partial charge in [0.2, 0.25) is 0 Å². The first-order valence-corrected chi connectivity index (χ1v) is 9.49. The lowest BCUT2D eigenvalue weighted by atomic mass is 9.99. The Balaban J connectivity index is 1.60. The van der Waals surface area contributed by atoms with Crippen LogP contribution in [0.1, 0.15) is 29.0 Å². The number of hydrogen-bond acceptors (Lipinski definition) is 2. The van der Waals surface area contributed by atoms with Crippen LogP contribution < -0.4 is 5.32 Å². The van der Waals surface area contributed by atoms with Crippen molar-refractivity contribution >= 4 is 5.96 Å². The van der Waals surface area contributed by atoms with E-state index >= 15 is 0 Å². The molecule has 0 aliphatic carbocycles. The van der Waals surface area contributed by atoms with Gasteiger partial charge in [-0.15, -0.1) is 0 Å². The second kappa shape index (κ2) is 9.00. The van der Waals surface area contributed by atoms with Gasteiger partial charge in [0.25, 0.3) is 0 Å². The Morgan fingerprint density at radius 3 is 2.70 bits per heavy atom. The average molecular weight is 369 g/mol. The van der Waals surface area contributed by atoms with Crippen LogP contribution in [0.3, 0.4) is 0 Å². The topological polar surface area (TPSA) is 30.9 Å². The van der Waals surface area contributed by atoms with Crippen molar-refractivity contribution in [2.45, 2.75) is 25.4 Å². The molecule has 5 heteroatoms. The number of rotatable bonds is 5. The highest BCUT2D eigenvalue weighted by molar-refractivity contribution is 5.80. The first-order valence-electron chi connectivity index (χ1n) is 9.49. The molecule has 1 saturated heterocycles. The maximum absolute atomic E-state index is 14.0. The fourth-order valence-corrected chi connectivity index (χ4v) is 3.66. The summed E-state index contributed by atoms with van der Waals surface area (Å²) in [7, 11) is 5.71. The van der Waals surface area contributed by atoms with E-state index < -0.39 is 0 Å². The molecule has 1 aliphatic rings. The Hall–Kier alpha value is -2.40. The zero-order valence-corrected chi connectivity index (χ0v) is 16.5. The van der Waals surface area contributed by atoms with Gasteiger partial charge in [-0.25, -0.2) is 4.39 Å². The van der Waals surface area contributed by atoms with E-state index in [1.807, 2.05) is 38.2 Å². The molecule has 0 aromatic heterocycles. The summed E-state index contributed by atoms with van der Waals surface area (Å²) in [6.07, 6.45) is 1.13. The first kappa shape index (κ1) is 19.4. The van der Waals surface area contributed by atoms with Crippen LogP contribution in [0.25, 0.3) is 0 Å². The van der Waals surface area contributed by atoms with E-state index in [9.17, 15) is 4.39 Å². The molecule has 27 heavy (non-hydrogen) atoms. The van der Waals surface area contributed by atoms with E-state index in [2.05, 4.69) is 45.5 Å². The molecule has 1 unspecified atom stereocenters. The molecule has 0 bridgehead atoms. The molecule has 1 N–H and O–H groups in total. The Morgan fingerprint density at radius 2 is 2.00 bits per heavy atom. The second-order valence-corrected chi connectivity index (χ2v) is 7.41. The molecular formula is C22H29FN4. The van der Waals surface area contributed by atoms with Crippen molar-refractivity contribution in [2.24, 2.45) is 4.99 Å². The number of benzene rings is 2. The number of nitrogens with one attached hydrogen (secondary N) is 1. The van der Waals surface area contributed by atoms with Gasteiger partial charge >= 0.3 is 0 Å². The molecule has 0 radical (unpaired) electrons. The molecule has 0 spiro atoms. The molecule has 0 amide bonds. The quantitative estimate of drug-likeness (QED) is 0.648. The maximum Gasteiger partial charge on any atom is 0.193 e. The highest BCUT2D eigenvalue weighted by Crippen LogP contribution is 2.26. The molecule has 2 aromatic carbocycles. The summed E-state index contributed by atoms with van der Waals surface area (Å²) in [5.74, 6) is 1.30. The standard InChI is InChI=1S/C22H29FN4/c1-24-22(27-12-11-19(16-27)18-7-5-4-6-8-18)25-14-17-9-10-21(23)20(13-17)15-26(2)3/h4-10,13,19H,11-12,14-16H2,1-3H3,(H,24,25). The number of halogens is 1. The summed E-state index contributed by atoms with van der Waals surface area (Å²) < 4.78 is 14.0. The van der Waals surface area contributed by atoms with Crippen LogP contribution >= 0.6 is 0 Å². The van der Waals surface area contributed by atoms with E-state index in [-0.39, 0.29) is 5.82 Å². The van der Waals surface area contributed by atoms with Crippen molar-refractivity contribution in [2.75, 3.05) is 34.2 Å². The number of hydrogen-bond donors (Lipinski definition) is 1. The predicted molar refractivity (Wildman–Crippen MR) is 109 cm³/mol. The molecule has 144 valence electrons. The summed E-state index contributed by atoms with van der Waals surface area (Å²) in [4.78, 5) is 8.73. The van der Waals surface area contributed by atoms with Crippen molar-refractivity contribution in [3.05, 3.63) is 71.0 Å². The van der Waals surface area contributed by atoms with Gasteiger partial charge in [0.1, 0.15) is 5.82 Å². The Bertz CT molecular complexity index is 773. The maximum atomic E-state index is 14.0. The molecule has 1 heterocycles. The van der Waals surface area contributed by atoms with Gasteiger partial charge in [-0.3, -0.25) is 4.99 Å². The third kappa shape index (κ3) is 5.07. The molecule has 2 aromatic rings. The number of nitrogens with zero attached hydrogens (tertiary/aromatic N) is 3. The normalized spacial score (nSPS) is 17.6. The largest absolute Gasteiger partial charge is 0.352 e. The second-order valence-electron chi connectivity index (χ2n) is 7.41. The van der Waals surface area contributed by atoms with Crippen LogP contribution in [-0.2, 0) is 13.1 Å². The minimum Gasteiger partial charge on any atom is -0.352 e. The van der Waals surface area contributed by atoms with E-state index in [0.717, 1.165) is 36.6 Å². The SMILES string of the molecule is CN=C(NCc1ccc(F)c(CN(C)C)c1)N1CCC(c2ccccc2)C1. The van der Waals surface area contributed by atoms with Crippen LogP contribution in [0.2, 0.25) is 0 Å². The highest BCUT2D eigenvalue weighted by atomic mass is 19.1. The molecule has 3 rings (SSSR count). The van der Waals surface area contributed by atoms with Gasteiger partial charge in [-0.2, -0.15) is 0 Å². The van der Waals surface area contributed by atoms with Crippen molar-refractivity contribution in [1.82, 2.24) is 15.1 Å². The van der Waals surface area contributed by atoms with Crippen molar-refractivity contribution < 1.29 is 4.39 Å². The van der Waals surface area contributed by atoms with Crippen LogP contribution in [0.5, 0.6) is 0 Å². The van der Waals surface area contributed by atoms with E-state index in [1.54, 1.807) is 6.07 Å². The molecule has 1 fully saturated rings. The number of guanidine groups is 1. The summed E-state index contributed by atoms with van der Waals surface area (Å²) in [6.45, 7) is 3.20.